The minimum absolute atomic E-state index is 0.180. The highest BCUT2D eigenvalue weighted by Crippen LogP contribution is 2.40. The quantitative estimate of drug-likeness (QED) is 0.564. The van der Waals surface area contributed by atoms with Gasteiger partial charge in [0.1, 0.15) is 44.1 Å². The molecule has 5 nitrogen and oxygen atoms in total. The van der Waals surface area contributed by atoms with Gasteiger partial charge in [-0.1, -0.05) is 0 Å². The SMILES string of the molecule is CP(C)(=O)c1cc(OCC2CO2)ccc1OCC1CO1. The van der Waals surface area contributed by atoms with Crippen molar-refractivity contribution in [2.75, 3.05) is 39.8 Å². The second-order valence-electron chi connectivity index (χ2n) is 5.51. The molecule has 0 spiro atoms. The molecule has 2 atom stereocenters. The maximum atomic E-state index is 12.4. The Bertz CT molecular complexity index is 530. The van der Waals surface area contributed by atoms with Gasteiger partial charge >= 0.3 is 0 Å². The van der Waals surface area contributed by atoms with Crippen LogP contribution < -0.4 is 14.8 Å². The molecule has 1 aromatic rings. The molecule has 0 bridgehead atoms. The summed E-state index contributed by atoms with van der Waals surface area (Å²) in [7, 11) is -2.43. The Labute approximate surface area is 118 Å². The molecule has 0 N–H and O–H groups in total. The Morgan fingerprint density at radius 3 is 2.30 bits per heavy atom. The Morgan fingerprint density at radius 1 is 1.15 bits per heavy atom. The molecule has 0 aliphatic carbocycles. The highest BCUT2D eigenvalue weighted by atomic mass is 31.2. The first-order chi connectivity index (χ1) is 9.52. The predicted molar refractivity (Wildman–Crippen MR) is 76.0 cm³/mol. The van der Waals surface area contributed by atoms with Gasteiger partial charge in [0.2, 0.25) is 0 Å². The fourth-order valence-corrected chi connectivity index (χ4v) is 2.94. The standard InChI is InChI=1S/C14H19O5P/c1-20(2,15)14-5-10(16-6-11-7-17-11)3-4-13(14)19-9-12-8-18-12/h3-5,11-12H,6-9H2,1-2H3. The Hall–Kier alpha value is -1.03. The van der Waals surface area contributed by atoms with E-state index < -0.39 is 7.14 Å². The fourth-order valence-electron chi connectivity index (χ4n) is 1.83. The number of hydrogen-bond acceptors (Lipinski definition) is 5. The zero-order valence-electron chi connectivity index (χ0n) is 11.7. The van der Waals surface area contributed by atoms with Crippen LogP contribution in [0.1, 0.15) is 0 Å². The highest BCUT2D eigenvalue weighted by Gasteiger charge is 2.26. The third-order valence-electron chi connectivity index (χ3n) is 3.18. The largest absolute Gasteiger partial charge is 0.491 e. The van der Waals surface area contributed by atoms with Gasteiger partial charge in [-0.3, -0.25) is 0 Å². The Balaban J connectivity index is 1.74. The number of rotatable bonds is 7. The second-order valence-corrected chi connectivity index (χ2v) is 8.70. The molecule has 2 unspecified atom stereocenters. The van der Waals surface area contributed by atoms with Crippen LogP contribution in [-0.4, -0.2) is 52.0 Å². The van der Waals surface area contributed by atoms with Gasteiger partial charge in [-0.05, 0) is 31.5 Å². The van der Waals surface area contributed by atoms with Gasteiger partial charge in [-0.15, -0.1) is 0 Å². The van der Waals surface area contributed by atoms with Gasteiger partial charge in [-0.25, -0.2) is 0 Å². The molecule has 2 fully saturated rings. The molecular formula is C14H19O5P. The van der Waals surface area contributed by atoms with Crippen LogP contribution in [0.15, 0.2) is 18.2 Å². The van der Waals surface area contributed by atoms with Crippen molar-refractivity contribution in [3.63, 3.8) is 0 Å². The molecule has 20 heavy (non-hydrogen) atoms. The van der Waals surface area contributed by atoms with Gasteiger partial charge in [0.05, 0.1) is 18.5 Å². The van der Waals surface area contributed by atoms with Crippen LogP contribution in [-0.2, 0) is 14.0 Å². The molecule has 2 heterocycles. The van der Waals surface area contributed by atoms with Crippen LogP contribution in [0.4, 0.5) is 0 Å². The third-order valence-corrected chi connectivity index (χ3v) is 4.69. The maximum Gasteiger partial charge on any atom is 0.130 e. The van der Waals surface area contributed by atoms with Crippen LogP contribution in [0.5, 0.6) is 11.5 Å². The Morgan fingerprint density at radius 2 is 1.75 bits per heavy atom. The molecule has 110 valence electrons. The molecular weight excluding hydrogens is 279 g/mol. The van der Waals surface area contributed by atoms with Crippen molar-refractivity contribution in [1.29, 1.82) is 0 Å². The summed E-state index contributed by atoms with van der Waals surface area (Å²) in [4.78, 5) is 0. The van der Waals surface area contributed by atoms with Crippen molar-refractivity contribution >= 4 is 12.4 Å². The molecule has 0 radical (unpaired) electrons. The summed E-state index contributed by atoms with van der Waals surface area (Å²) < 4.78 is 34.0. The van der Waals surface area contributed by atoms with Crippen molar-refractivity contribution in [2.45, 2.75) is 12.2 Å². The molecule has 2 aliphatic rings. The van der Waals surface area contributed by atoms with Crippen LogP contribution in [0.2, 0.25) is 0 Å². The van der Waals surface area contributed by atoms with Crippen LogP contribution in [0, 0.1) is 0 Å². The van der Waals surface area contributed by atoms with Crippen molar-refractivity contribution in [1.82, 2.24) is 0 Å². The van der Waals surface area contributed by atoms with E-state index in [0.717, 1.165) is 13.2 Å². The number of hydrogen-bond donors (Lipinski definition) is 0. The van der Waals surface area contributed by atoms with Crippen LogP contribution in [0.3, 0.4) is 0 Å². The topological polar surface area (TPSA) is 60.6 Å². The predicted octanol–water partition coefficient (Wildman–Crippen LogP) is 1.49. The summed E-state index contributed by atoms with van der Waals surface area (Å²) in [5, 5.41) is 0.715. The van der Waals surface area contributed by atoms with E-state index in [-0.39, 0.29) is 12.2 Å². The van der Waals surface area contributed by atoms with E-state index in [2.05, 4.69) is 0 Å². The average molecular weight is 298 g/mol. The molecule has 3 rings (SSSR count). The normalized spacial score (nSPS) is 24.3. The minimum atomic E-state index is -2.43. The lowest BCUT2D eigenvalue weighted by Gasteiger charge is -2.16. The molecule has 2 aliphatic heterocycles. The van der Waals surface area contributed by atoms with Crippen molar-refractivity contribution < 1.29 is 23.5 Å². The van der Waals surface area contributed by atoms with E-state index in [9.17, 15) is 4.57 Å². The van der Waals surface area contributed by atoms with Crippen LogP contribution >= 0.6 is 7.14 Å². The zero-order valence-corrected chi connectivity index (χ0v) is 12.6. The fraction of sp³-hybridized carbons (Fsp3) is 0.571. The molecule has 6 heteroatoms. The smallest absolute Gasteiger partial charge is 0.130 e. The first-order valence-corrected chi connectivity index (χ1v) is 9.31. The first-order valence-electron chi connectivity index (χ1n) is 6.71. The van der Waals surface area contributed by atoms with E-state index in [1.165, 1.54) is 0 Å². The monoisotopic (exact) mass is 298 g/mol. The molecule has 0 aromatic heterocycles. The van der Waals surface area contributed by atoms with Gasteiger partial charge in [0.15, 0.2) is 0 Å². The van der Waals surface area contributed by atoms with E-state index in [1.54, 1.807) is 13.3 Å². The Kier molecular flexibility index (Phi) is 3.76. The number of benzene rings is 1. The van der Waals surface area contributed by atoms with Crippen molar-refractivity contribution in [2.24, 2.45) is 0 Å². The highest BCUT2D eigenvalue weighted by molar-refractivity contribution is 7.70. The van der Waals surface area contributed by atoms with Gasteiger partial charge < -0.3 is 23.5 Å². The van der Waals surface area contributed by atoms with E-state index in [0.29, 0.717) is 30.0 Å². The lowest BCUT2D eigenvalue weighted by atomic mass is 10.3. The molecule has 0 saturated carbocycles. The van der Waals surface area contributed by atoms with Gasteiger partial charge in [0, 0.05) is 0 Å². The lowest BCUT2D eigenvalue weighted by molar-refractivity contribution is 0.258. The summed E-state index contributed by atoms with van der Waals surface area (Å²) in [5.74, 6) is 1.36. The van der Waals surface area contributed by atoms with E-state index >= 15 is 0 Å². The number of epoxide rings is 2. The lowest BCUT2D eigenvalue weighted by Crippen LogP contribution is -2.14. The summed E-state index contributed by atoms with van der Waals surface area (Å²) in [6.45, 7) is 6.01. The molecule has 0 amide bonds. The third kappa shape index (κ3) is 3.75. The minimum Gasteiger partial charge on any atom is -0.491 e. The average Bonchev–Trinajstić information content (AvgIpc) is 3.26. The van der Waals surface area contributed by atoms with E-state index in [4.69, 9.17) is 18.9 Å². The summed E-state index contributed by atoms with van der Waals surface area (Å²) >= 11 is 0. The van der Waals surface area contributed by atoms with Crippen molar-refractivity contribution in [3.05, 3.63) is 18.2 Å². The first kappa shape index (κ1) is 13.9. The second kappa shape index (κ2) is 5.40. The maximum absolute atomic E-state index is 12.4. The summed E-state index contributed by atoms with van der Waals surface area (Å²) in [5.41, 5.74) is 0. The van der Waals surface area contributed by atoms with Gasteiger partial charge in [0.25, 0.3) is 0 Å². The molecule has 1 aromatic carbocycles. The van der Waals surface area contributed by atoms with Gasteiger partial charge in [-0.2, -0.15) is 0 Å². The van der Waals surface area contributed by atoms with E-state index in [1.807, 2.05) is 18.2 Å². The number of ether oxygens (including phenoxy) is 4. The zero-order chi connectivity index (χ0) is 14.2. The van der Waals surface area contributed by atoms with Crippen molar-refractivity contribution in [3.8, 4) is 11.5 Å². The summed E-state index contributed by atoms with van der Waals surface area (Å²) in [6, 6.07) is 5.47. The summed E-state index contributed by atoms with van der Waals surface area (Å²) in [6.07, 6.45) is 0.385. The van der Waals surface area contributed by atoms with Crippen LogP contribution in [0.25, 0.3) is 0 Å². The molecule has 2 saturated heterocycles.